The Kier molecular flexibility index (Phi) is 3.12. The van der Waals surface area contributed by atoms with E-state index in [1.807, 2.05) is 17.5 Å². The standard InChI is InChI=1S/C12H20N2S/c1-4-12(6-5-7-12)14-9(2)11-8-13-10(3)15-11/h8-9,14H,4-7H2,1-3H3. The molecule has 1 aliphatic carbocycles. The van der Waals surface area contributed by atoms with Crippen LogP contribution in [0.25, 0.3) is 0 Å². The number of rotatable bonds is 4. The van der Waals surface area contributed by atoms with Crippen molar-refractivity contribution in [3.05, 3.63) is 16.1 Å². The maximum absolute atomic E-state index is 4.32. The lowest BCUT2D eigenvalue weighted by atomic mass is 9.74. The molecule has 0 bridgehead atoms. The molecule has 1 N–H and O–H groups in total. The summed E-state index contributed by atoms with van der Waals surface area (Å²) in [5.41, 5.74) is 0.428. The molecule has 1 fully saturated rings. The molecule has 1 unspecified atom stereocenters. The summed E-state index contributed by atoms with van der Waals surface area (Å²) in [5, 5.41) is 4.94. The second-order valence-corrected chi connectivity index (χ2v) is 5.90. The monoisotopic (exact) mass is 224 g/mol. The summed E-state index contributed by atoms with van der Waals surface area (Å²) in [6.45, 7) is 6.61. The van der Waals surface area contributed by atoms with Gasteiger partial charge in [-0.25, -0.2) is 4.98 Å². The summed E-state index contributed by atoms with van der Waals surface area (Å²) in [6.07, 6.45) is 7.32. The molecule has 0 radical (unpaired) electrons. The van der Waals surface area contributed by atoms with Crippen LogP contribution in [-0.2, 0) is 0 Å². The van der Waals surface area contributed by atoms with Crippen LogP contribution in [0.4, 0.5) is 0 Å². The predicted octanol–water partition coefficient (Wildman–Crippen LogP) is 3.43. The highest BCUT2D eigenvalue weighted by Crippen LogP contribution is 2.37. The third-order valence-electron chi connectivity index (χ3n) is 3.58. The number of aromatic nitrogens is 1. The van der Waals surface area contributed by atoms with Crippen LogP contribution >= 0.6 is 11.3 Å². The van der Waals surface area contributed by atoms with E-state index >= 15 is 0 Å². The highest BCUT2D eigenvalue weighted by molar-refractivity contribution is 7.11. The quantitative estimate of drug-likeness (QED) is 0.847. The topological polar surface area (TPSA) is 24.9 Å². The fourth-order valence-corrected chi connectivity index (χ4v) is 3.10. The van der Waals surface area contributed by atoms with Crippen molar-refractivity contribution in [2.24, 2.45) is 0 Å². The van der Waals surface area contributed by atoms with Crippen LogP contribution in [0.2, 0.25) is 0 Å². The number of hydrogen-bond donors (Lipinski definition) is 1. The van der Waals surface area contributed by atoms with Gasteiger partial charge in [0, 0.05) is 22.7 Å². The van der Waals surface area contributed by atoms with E-state index in [0.717, 1.165) is 5.01 Å². The maximum Gasteiger partial charge on any atom is 0.0897 e. The zero-order chi connectivity index (χ0) is 10.9. The fraction of sp³-hybridized carbons (Fsp3) is 0.750. The Bertz CT molecular complexity index is 323. The van der Waals surface area contributed by atoms with Gasteiger partial charge >= 0.3 is 0 Å². The van der Waals surface area contributed by atoms with Gasteiger partial charge in [0.2, 0.25) is 0 Å². The molecule has 1 saturated carbocycles. The van der Waals surface area contributed by atoms with Crippen LogP contribution in [0.5, 0.6) is 0 Å². The van der Waals surface area contributed by atoms with Crippen LogP contribution < -0.4 is 5.32 Å². The molecule has 15 heavy (non-hydrogen) atoms. The Hall–Kier alpha value is -0.410. The van der Waals surface area contributed by atoms with E-state index in [4.69, 9.17) is 0 Å². The minimum Gasteiger partial charge on any atom is -0.304 e. The molecule has 0 saturated heterocycles. The first-order valence-corrected chi connectivity index (χ1v) is 6.67. The molecule has 1 aromatic heterocycles. The van der Waals surface area contributed by atoms with Gasteiger partial charge in [0.15, 0.2) is 0 Å². The lowest BCUT2D eigenvalue weighted by molar-refractivity contribution is 0.161. The lowest BCUT2D eigenvalue weighted by Gasteiger charge is -2.44. The first kappa shape index (κ1) is 11.1. The molecule has 2 rings (SSSR count). The number of hydrogen-bond acceptors (Lipinski definition) is 3. The number of nitrogens with one attached hydrogen (secondary N) is 1. The fourth-order valence-electron chi connectivity index (χ4n) is 2.31. The Morgan fingerprint density at radius 2 is 2.33 bits per heavy atom. The van der Waals surface area contributed by atoms with E-state index < -0.39 is 0 Å². The van der Waals surface area contributed by atoms with E-state index in [9.17, 15) is 0 Å². The maximum atomic E-state index is 4.32. The molecule has 0 aliphatic heterocycles. The highest BCUT2D eigenvalue weighted by Gasteiger charge is 2.36. The molecule has 0 spiro atoms. The minimum absolute atomic E-state index is 0.428. The molecule has 0 aromatic carbocycles. The van der Waals surface area contributed by atoms with Gasteiger partial charge in [0.05, 0.1) is 5.01 Å². The third kappa shape index (κ3) is 2.23. The van der Waals surface area contributed by atoms with Crippen LogP contribution in [0, 0.1) is 6.92 Å². The van der Waals surface area contributed by atoms with Crippen molar-refractivity contribution >= 4 is 11.3 Å². The number of thiazole rings is 1. The van der Waals surface area contributed by atoms with Crippen molar-refractivity contribution in [1.29, 1.82) is 0 Å². The molecule has 2 nitrogen and oxygen atoms in total. The molecule has 1 heterocycles. The van der Waals surface area contributed by atoms with E-state index in [-0.39, 0.29) is 0 Å². The summed E-state index contributed by atoms with van der Waals surface area (Å²) in [4.78, 5) is 5.68. The molecular formula is C12H20N2S. The smallest absolute Gasteiger partial charge is 0.0897 e. The Balaban J connectivity index is 1.99. The highest BCUT2D eigenvalue weighted by atomic mass is 32.1. The zero-order valence-electron chi connectivity index (χ0n) is 9.84. The molecular weight excluding hydrogens is 204 g/mol. The van der Waals surface area contributed by atoms with Crippen LogP contribution in [0.1, 0.15) is 55.5 Å². The second kappa shape index (κ2) is 4.22. The van der Waals surface area contributed by atoms with Crippen molar-refractivity contribution in [3.63, 3.8) is 0 Å². The average Bonchev–Trinajstić information content (AvgIpc) is 2.58. The van der Waals surface area contributed by atoms with Gasteiger partial charge in [-0.05, 0) is 39.5 Å². The Morgan fingerprint density at radius 3 is 2.73 bits per heavy atom. The van der Waals surface area contributed by atoms with E-state index in [2.05, 4.69) is 31.1 Å². The predicted molar refractivity (Wildman–Crippen MR) is 65.3 cm³/mol. The van der Waals surface area contributed by atoms with Crippen LogP contribution in [-0.4, -0.2) is 10.5 Å². The summed E-state index contributed by atoms with van der Waals surface area (Å²) in [7, 11) is 0. The summed E-state index contributed by atoms with van der Waals surface area (Å²) < 4.78 is 0. The third-order valence-corrected chi connectivity index (χ3v) is 4.67. The van der Waals surface area contributed by atoms with Gasteiger partial charge in [-0.15, -0.1) is 11.3 Å². The molecule has 1 aromatic rings. The molecule has 1 atom stereocenters. The van der Waals surface area contributed by atoms with E-state index in [1.54, 1.807) is 0 Å². The van der Waals surface area contributed by atoms with Gasteiger partial charge in [0.1, 0.15) is 0 Å². The first-order valence-electron chi connectivity index (χ1n) is 5.85. The van der Waals surface area contributed by atoms with Crippen LogP contribution in [0.3, 0.4) is 0 Å². The van der Waals surface area contributed by atoms with Gasteiger partial charge in [-0.1, -0.05) is 6.92 Å². The minimum atomic E-state index is 0.428. The second-order valence-electron chi connectivity index (χ2n) is 4.64. The van der Waals surface area contributed by atoms with Crippen LogP contribution in [0.15, 0.2) is 6.20 Å². The first-order chi connectivity index (χ1) is 7.15. The van der Waals surface area contributed by atoms with E-state index in [1.165, 1.54) is 30.6 Å². The largest absolute Gasteiger partial charge is 0.304 e. The van der Waals surface area contributed by atoms with Gasteiger partial charge in [0.25, 0.3) is 0 Å². The average molecular weight is 224 g/mol. The summed E-state index contributed by atoms with van der Waals surface area (Å²) in [6, 6.07) is 0.455. The van der Waals surface area contributed by atoms with Crippen molar-refractivity contribution in [1.82, 2.24) is 10.3 Å². The summed E-state index contributed by atoms with van der Waals surface area (Å²) in [5.74, 6) is 0. The Labute approximate surface area is 96.1 Å². The Morgan fingerprint density at radius 1 is 1.60 bits per heavy atom. The van der Waals surface area contributed by atoms with Gasteiger partial charge < -0.3 is 5.32 Å². The van der Waals surface area contributed by atoms with Crippen molar-refractivity contribution in [2.75, 3.05) is 0 Å². The van der Waals surface area contributed by atoms with Gasteiger partial charge in [-0.2, -0.15) is 0 Å². The normalized spacial score (nSPS) is 21.0. The number of aryl methyl sites for hydroxylation is 1. The lowest BCUT2D eigenvalue weighted by Crippen LogP contribution is -2.51. The SMILES string of the molecule is CCC1(NC(C)c2cnc(C)s2)CCC1. The number of nitrogens with zero attached hydrogens (tertiary/aromatic N) is 1. The van der Waals surface area contributed by atoms with Crippen molar-refractivity contribution < 1.29 is 0 Å². The molecule has 1 aliphatic rings. The van der Waals surface area contributed by atoms with Crippen molar-refractivity contribution in [3.8, 4) is 0 Å². The molecule has 3 heteroatoms. The molecule has 0 amide bonds. The van der Waals surface area contributed by atoms with Gasteiger partial charge in [-0.3, -0.25) is 0 Å². The molecule has 84 valence electrons. The van der Waals surface area contributed by atoms with Crippen molar-refractivity contribution in [2.45, 2.75) is 58.0 Å². The summed E-state index contributed by atoms with van der Waals surface area (Å²) >= 11 is 1.81. The zero-order valence-corrected chi connectivity index (χ0v) is 10.7. The van der Waals surface area contributed by atoms with E-state index in [0.29, 0.717) is 11.6 Å².